The lowest BCUT2D eigenvalue weighted by atomic mass is 10.1. The van der Waals surface area contributed by atoms with Crippen LogP contribution in [0.4, 0.5) is 30.7 Å². The van der Waals surface area contributed by atoms with Crippen molar-refractivity contribution in [1.29, 1.82) is 0 Å². The fourth-order valence-electron chi connectivity index (χ4n) is 4.78. The smallest absolute Gasteiger partial charge is 0.460 e. The average Bonchev–Trinajstić information content (AvgIpc) is 3.43. The zero-order valence-corrected chi connectivity index (χ0v) is 16.9. The average molecular weight is 489 g/mol. The molecule has 180 valence electrons. The molecule has 5 rings (SSSR count). The first kappa shape index (κ1) is 22.3. The summed E-state index contributed by atoms with van der Waals surface area (Å²) in [6.07, 6.45) is -6.85. The number of likely N-dealkylation sites (tertiary alicyclic amines) is 1. The van der Waals surface area contributed by atoms with Gasteiger partial charge in [-0.05, 0) is 17.9 Å². The fourth-order valence-corrected chi connectivity index (χ4v) is 4.78. The largest absolute Gasteiger partial charge is 0.493 e. The SMILES string of the molecule is O=C(N1C[C@H]2CC1c1c(O)n(-c3cccc4ccccc34)c(=O)n12)C(F)(F)C(F)(F)C(F)(F)F. The van der Waals surface area contributed by atoms with Gasteiger partial charge in [-0.3, -0.25) is 9.36 Å². The Bertz CT molecular complexity index is 1390. The highest BCUT2D eigenvalue weighted by atomic mass is 19.4. The molecule has 2 aliphatic heterocycles. The highest BCUT2D eigenvalue weighted by molar-refractivity contribution is 5.90. The van der Waals surface area contributed by atoms with Crippen LogP contribution in [0.2, 0.25) is 0 Å². The van der Waals surface area contributed by atoms with Crippen molar-refractivity contribution in [2.24, 2.45) is 0 Å². The third-order valence-corrected chi connectivity index (χ3v) is 6.34. The number of imidazole rings is 1. The molecule has 0 spiro atoms. The number of halogens is 7. The van der Waals surface area contributed by atoms with Gasteiger partial charge in [0.25, 0.3) is 0 Å². The highest BCUT2D eigenvalue weighted by Crippen LogP contribution is 2.53. The van der Waals surface area contributed by atoms with E-state index in [4.69, 9.17) is 0 Å². The van der Waals surface area contributed by atoms with Gasteiger partial charge in [-0.25, -0.2) is 9.36 Å². The normalized spacial score (nSPS) is 20.3. The molecule has 1 amide bonds. The summed E-state index contributed by atoms with van der Waals surface area (Å²) in [5.74, 6) is -16.1. The van der Waals surface area contributed by atoms with Crippen LogP contribution in [-0.4, -0.2) is 49.6 Å². The molecule has 0 aliphatic carbocycles. The van der Waals surface area contributed by atoms with Crippen molar-refractivity contribution in [3.63, 3.8) is 0 Å². The number of hydrogen-bond donors (Lipinski definition) is 1. The van der Waals surface area contributed by atoms with Crippen LogP contribution in [0, 0.1) is 0 Å². The minimum atomic E-state index is -6.66. The first-order valence-electron chi connectivity index (χ1n) is 9.96. The zero-order valence-electron chi connectivity index (χ0n) is 16.9. The number of fused-ring (bicyclic) bond motifs is 6. The van der Waals surface area contributed by atoms with Crippen LogP contribution in [0.1, 0.15) is 24.2 Å². The number of hydrogen-bond acceptors (Lipinski definition) is 3. The van der Waals surface area contributed by atoms with Crippen molar-refractivity contribution in [2.75, 3.05) is 6.54 Å². The predicted octanol–water partition coefficient (Wildman–Crippen LogP) is 4.16. The molecule has 2 atom stereocenters. The Morgan fingerprint density at radius 1 is 0.971 bits per heavy atom. The molecule has 1 fully saturated rings. The molecular formula is C21H14F7N3O3. The molecule has 13 heteroatoms. The topological polar surface area (TPSA) is 67.5 Å². The van der Waals surface area contributed by atoms with Gasteiger partial charge in [-0.2, -0.15) is 30.7 Å². The quantitative estimate of drug-likeness (QED) is 0.562. The number of nitrogens with zero attached hydrogens (tertiary/aromatic N) is 3. The molecule has 0 radical (unpaired) electrons. The number of rotatable bonds is 3. The maximum atomic E-state index is 14.1. The van der Waals surface area contributed by atoms with E-state index in [-0.39, 0.29) is 22.7 Å². The van der Waals surface area contributed by atoms with Gasteiger partial charge in [0, 0.05) is 11.9 Å². The Morgan fingerprint density at radius 3 is 2.29 bits per heavy atom. The summed E-state index contributed by atoms with van der Waals surface area (Å²) in [6, 6.07) is 9.27. The van der Waals surface area contributed by atoms with E-state index < -0.39 is 54.1 Å². The van der Waals surface area contributed by atoms with E-state index in [1.165, 1.54) is 6.07 Å². The van der Waals surface area contributed by atoms with Crippen molar-refractivity contribution in [3.05, 3.63) is 58.6 Å². The van der Waals surface area contributed by atoms with Crippen LogP contribution in [0.15, 0.2) is 47.3 Å². The van der Waals surface area contributed by atoms with Crippen LogP contribution in [0.25, 0.3) is 16.5 Å². The lowest BCUT2D eigenvalue weighted by molar-refractivity contribution is -0.346. The Hall–Kier alpha value is -3.51. The van der Waals surface area contributed by atoms with E-state index in [1.807, 2.05) is 0 Å². The first-order valence-corrected chi connectivity index (χ1v) is 9.96. The third kappa shape index (κ3) is 2.69. The fraction of sp³-hybridized carbons (Fsp3) is 0.333. The maximum absolute atomic E-state index is 14.1. The third-order valence-electron chi connectivity index (χ3n) is 6.34. The summed E-state index contributed by atoms with van der Waals surface area (Å²) < 4.78 is 94.6. The first-order chi connectivity index (χ1) is 15.8. The summed E-state index contributed by atoms with van der Waals surface area (Å²) in [5, 5.41) is 12.1. The Morgan fingerprint density at radius 2 is 1.62 bits per heavy atom. The van der Waals surface area contributed by atoms with Crippen LogP contribution in [-0.2, 0) is 4.79 Å². The molecule has 2 aliphatic rings. The molecule has 2 bridgehead atoms. The Labute approximate surface area is 185 Å². The standard InChI is InChI=1S/C21H14F7N3O3/c22-19(23,20(24,25)21(26,27)28)17(33)29-9-11-8-14(29)15-16(32)31(18(34)30(11)15)13-7-3-5-10-4-1-2-6-12(10)13/h1-7,11,14,32H,8-9H2/t11-,14?/m1/s1. The molecule has 6 nitrogen and oxygen atoms in total. The van der Waals surface area contributed by atoms with E-state index in [0.717, 1.165) is 9.13 Å². The van der Waals surface area contributed by atoms with Gasteiger partial charge in [0.1, 0.15) is 5.69 Å². The van der Waals surface area contributed by atoms with Gasteiger partial charge in [-0.1, -0.05) is 36.4 Å². The molecule has 0 saturated carbocycles. The Balaban J connectivity index is 1.59. The maximum Gasteiger partial charge on any atom is 0.460 e. The second-order valence-corrected chi connectivity index (χ2v) is 8.20. The van der Waals surface area contributed by atoms with Crippen molar-refractivity contribution in [3.8, 4) is 11.6 Å². The van der Waals surface area contributed by atoms with Crippen LogP contribution in [0.5, 0.6) is 5.88 Å². The van der Waals surface area contributed by atoms with Gasteiger partial charge >= 0.3 is 29.6 Å². The highest BCUT2D eigenvalue weighted by Gasteiger charge is 2.77. The number of carbonyl (C=O) groups excluding carboxylic acids is 1. The summed E-state index contributed by atoms with van der Waals surface area (Å²) in [6.45, 7) is -0.682. The van der Waals surface area contributed by atoms with Crippen LogP contribution >= 0.6 is 0 Å². The molecule has 34 heavy (non-hydrogen) atoms. The van der Waals surface area contributed by atoms with Gasteiger partial charge in [0.05, 0.1) is 17.8 Å². The number of amides is 1. The van der Waals surface area contributed by atoms with Crippen LogP contribution < -0.4 is 5.69 Å². The van der Waals surface area contributed by atoms with Gasteiger partial charge in [0.15, 0.2) is 0 Å². The molecule has 2 aromatic carbocycles. The van der Waals surface area contributed by atoms with Gasteiger partial charge in [-0.15, -0.1) is 0 Å². The van der Waals surface area contributed by atoms with Gasteiger partial charge < -0.3 is 10.0 Å². The second-order valence-electron chi connectivity index (χ2n) is 8.20. The summed E-state index contributed by atoms with van der Waals surface area (Å²) in [7, 11) is 0. The number of benzene rings is 2. The lowest BCUT2D eigenvalue weighted by Gasteiger charge is -2.34. The van der Waals surface area contributed by atoms with Crippen molar-refractivity contribution < 1.29 is 40.6 Å². The van der Waals surface area contributed by atoms with E-state index in [0.29, 0.717) is 10.8 Å². The van der Waals surface area contributed by atoms with Gasteiger partial charge in [0.2, 0.25) is 5.88 Å². The monoisotopic (exact) mass is 489 g/mol. The van der Waals surface area contributed by atoms with Crippen molar-refractivity contribution >= 4 is 16.7 Å². The molecule has 3 heterocycles. The van der Waals surface area contributed by atoms with E-state index in [9.17, 15) is 45.4 Å². The summed E-state index contributed by atoms with van der Waals surface area (Å²) >= 11 is 0. The van der Waals surface area contributed by atoms with E-state index in [2.05, 4.69) is 0 Å². The number of aromatic nitrogens is 2. The number of carbonyl (C=O) groups is 1. The molecule has 3 aromatic rings. The zero-order chi connectivity index (χ0) is 24.8. The minimum Gasteiger partial charge on any atom is -0.493 e. The molecular weight excluding hydrogens is 475 g/mol. The molecule has 1 aromatic heterocycles. The number of aromatic hydroxyl groups is 1. The Kier molecular flexibility index (Phi) is 4.43. The lowest BCUT2D eigenvalue weighted by Crippen LogP contribution is -2.60. The number of alkyl halides is 7. The second kappa shape index (κ2) is 6.76. The summed E-state index contributed by atoms with van der Waals surface area (Å²) in [5.41, 5.74) is -0.807. The molecule has 1 unspecified atom stereocenters. The van der Waals surface area contributed by atoms with E-state index in [1.54, 1.807) is 36.4 Å². The molecule has 1 N–H and O–H groups in total. The van der Waals surface area contributed by atoms with Crippen LogP contribution in [0.3, 0.4) is 0 Å². The predicted molar refractivity (Wildman–Crippen MR) is 103 cm³/mol. The van der Waals surface area contributed by atoms with Crippen molar-refractivity contribution in [2.45, 2.75) is 36.5 Å². The van der Waals surface area contributed by atoms with Crippen molar-refractivity contribution in [1.82, 2.24) is 14.0 Å². The minimum absolute atomic E-state index is 0.173. The summed E-state index contributed by atoms with van der Waals surface area (Å²) in [4.78, 5) is 25.5. The molecule has 1 saturated heterocycles. The van der Waals surface area contributed by atoms with E-state index >= 15 is 0 Å².